The Morgan fingerprint density at radius 3 is 2.17 bits per heavy atom. The minimum absolute atomic E-state index is 0.0622. The summed E-state index contributed by atoms with van der Waals surface area (Å²) in [5, 5.41) is 0.489. The van der Waals surface area contributed by atoms with E-state index in [2.05, 4.69) is 62.2 Å². The molecule has 0 bridgehead atoms. The Morgan fingerprint density at radius 1 is 1.00 bits per heavy atom. The van der Waals surface area contributed by atoms with Crippen molar-refractivity contribution >= 4 is 23.4 Å². The molecule has 0 unspecified atom stereocenters. The molecule has 30 heavy (non-hydrogen) atoms. The molecule has 0 N–H and O–H groups in total. The molecule has 0 amide bonds. The Kier molecular flexibility index (Phi) is 7.85. The molecule has 0 aliphatic heterocycles. The molecule has 160 valence electrons. The third-order valence-electron chi connectivity index (χ3n) is 5.81. The first-order valence-corrected chi connectivity index (χ1v) is 14.8. The van der Waals surface area contributed by atoms with Crippen LogP contribution in [0.5, 0.6) is 0 Å². The maximum Gasteiger partial charge on any atom is 0.282 e. The van der Waals surface area contributed by atoms with Crippen LogP contribution in [0.4, 0.5) is 0 Å². The Hall–Kier alpha value is -2.16. The van der Waals surface area contributed by atoms with Gasteiger partial charge in [0.1, 0.15) is 8.07 Å². The van der Waals surface area contributed by atoms with Gasteiger partial charge in [0.2, 0.25) is 0 Å². The highest BCUT2D eigenvalue weighted by Gasteiger charge is 2.40. The van der Waals surface area contributed by atoms with E-state index in [1.165, 1.54) is 5.56 Å². The van der Waals surface area contributed by atoms with Gasteiger partial charge in [0.05, 0.1) is 10.2 Å². The van der Waals surface area contributed by atoms with Gasteiger partial charge in [0, 0.05) is 6.42 Å². The quantitative estimate of drug-likeness (QED) is 0.233. The summed E-state index contributed by atoms with van der Waals surface area (Å²) in [7, 11) is -6.00. The summed E-state index contributed by atoms with van der Waals surface area (Å²) in [5.41, 5.74) is 2.31. The zero-order chi connectivity index (χ0) is 22.4. The minimum atomic E-state index is -3.79. The first-order chi connectivity index (χ1) is 13.9. The number of sulfonamides is 1. The van der Waals surface area contributed by atoms with Crippen LogP contribution in [0.1, 0.15) is 44.7 Å². The summed E-state index contributed by atoms with van der Waals surface area (Å²) in [6.07, 6.45) is 2.61. The fraction of sp³-hybridized carbons (Fsp3) is 0.400. The fourth-order valence-electron chi connectivity index (χ4n) is 2.70. The van der Waals surface area contributed by atoms with Crippen LogP contribution in [0.25, 0.3) is 0 Å². The predicted molar refractivity (Wildman–Crippen MR) is 130 cm³/mol. The van der Waals surface area contributed by atoms with Crippen molar-refractivity contribution in [1.82, 2.24) is 0 Å². The van der Waals surface area contributed by atoms with Gasteiger partial charge in [-0.05, 0) is 42.5 Å². The van der Waals surface area contributed by atoms with Crippen LogP contribution < -0.4 is 0 Å². The standard InChI is InChI=1S/C25H33NO2SSi/c1-21-17-19-23(20-18-21)29(27,28)26-24(30(5,6)25(2,3)4)16-12-8-11-15-22-13-9-7-10-14-22/h7,9-10,13-14,17-20H,8,11,15H2,1-6H3/b26-24-. The molecule has 0 aliphatic rings. The average molecular weight is 440 g/mol. The van der Waals surface area contributed by atoms with Crippen LogP contribution >= 0.6 is 0 Å². The van der Waals surface area contributed by atoms with Crippen molar-refractivity contribution < 1.29 is 8.42 Å². The first kappa shape index (κ1) is 24.1. The highest BCUT2D eigenvalue weighted by atomic mass is 32.2. The van der Waals surface area contributed by atoms with Gasteiger partial charge in [-0.25, -0.2) is 0 Å². The normalized spacial score (nSPS) is 12.9. The summed E-state index contributed by atoms with van der Waals surface area (Å²) in [4.78, 5) is 0.218. The molecule has 2 aromatic rings. The summed E-state index contributed by atoms with van der Waals surface area (Å²) in [6.45, 7) is 12.7. The molecule has 0 atom stereocenters. The minimum Gasteiger partial charge on any atom is -0.199 e. The highest BCUT2D eigenvalue weighted by molar-refractivity contribution is 7.90. The fourth-order valence-corrected chi connectivity index (χ4v) is 5.96. The largest absolute Gasteiger partial charge is 0.282 e. The summed E-state index contributed by atoms with van der Waals surface area (Å²) in [5.74, 6) is 6.38. The van der Waals surface area contributed by atoms with Crippen molar-refractivity contribution in [1.29, 1.82) is 0 Å². The summed E-state index contributed by atoms with van der Waals surface area (Å²) >= 11 is 0. The zero-order valence-electron chi connectivity index (χ0n) is 19.0. The van der Waals surface area contributed by atoms with E-state index >= 15 is 0 Å². The van der Waals surface area contributed by atoms with Crippen LogP contribution in [0.2, 0.25) is 18.1 Å². The third-order valence-corrected chi connectivity index (χ3v) is 12.4. The molecule has 3 nitrogen and oxygen atoms in total. The number of benzene rings is 2. The highest BCUT2D eigenvalue weighted by Crippen LogP contribution is 2.37. The van der Waals surface area contributed by atoms with E-state index in [1.807, 2.05) is 25.1 Å². The van der Waals surface area contributed by atoms with Crippen molar-refractivity contribution in [3.05, 3.63) is 65.7 Å². The second kappa shape index (κ2) is 9.76. The number of hydrogen-bond acceptors (Lipinski definition) is 2. The van der Waals surface area contributed by atoms with Gasteiger partial charge in [-0.15, -0.1) is 0 Å². The Morgan fingerprint density at radius 2 is 1.60 bits per heavy atom. The molecule has 0 saturated heterocycles. The molecule has 0 aliphatic carbocycles. The number of nitrogens with zero attached hydrogens (tertiary/aromatic N) is 1. The monoisotopic (exact) mass is 439 g/mol. The number of unbranched alkanes of at least 4 members (excludes halogenated alkanes) is 1. The Bertz CT molecular complexity index is 1040. The molecule has 2 aromatic carbocycles. The van der Waals surface area contributed by atoms with Gasteiger partial charge in [0.25, 0.3) is 10.0 Å². The molecule has 0 fully saturated rings. The van der Waals surface area contributed by atoms with Crippen molar-refractivity contribution in [3.63, 3.8) is 0 Å². The van der Waals surface area contributed by atoms with Crippen molar-refractivity contribution in [2.24, 2.45) is 4.40 Å². The number of aryl methyl sites for hydroxylation is 2. The molecular weight excluding hydrogens is 406 g/mol. The van der Waals surface area contributed by atoms with Crippen LogP contribution in [0.15, 0.2) is 63.9 Å². The van der Waals surface area contributed by atoms with Gasteiger partial charge in [-0.2, -0.15) is 12.8 Å². The molecule has 0 saturated carbocycles. The van der Waals surface area contributed by atoms with Crippen molar-refractivity contribution in [3.8, 4) is 11.8 Å². The first-order valence-electron chi connectivity index (χ1n) is 10.4. The second-order valence-corrected chi connectivity index (χ2v) is 16.1. The molecular formula is C25H33NO2SSi. The van der Waals surface area contributed by atoms with Gasteiger partial charge in [0.15, 0.2) is 0 Å². The van der Waals surface area contributed by atoms with Crippen LogP contribution in [-0.4, -0.2) is 21.8 Å². The molecule has 0 heterocycles. The third kappa shape index (κ3) is 6.42. The zero-order valence-corrected chi connectivity index (χ0v) is 20.8. The number of rotatable bonds is 6. The second-order valence-electron chi connectivity index (χ2n) is 9.24. The van der Waals surface area contributed by atoms with E-state index in [4.69, 9.17) is 0 Å². The molecule has 0 radical (unpaired) electrons. The lowest BCUT2D eigenvalue weighted by molar-refractivity contribution is 0.598. The lowest BCUT2D eigenvalue weighted by atomic mass is 10.1. The summed E-state index contributed by atoms with van der Waals surface area (Å²) < 4.78 is 30.2. The predicted octanol–water partition coefficient (Wildman–Crippen LogP) is 6.20. The maximum absolute atomic E-state index is 13.0. The molecule has 0 spiro atoms. The van der Waals surface area contributed by atoms with E-state index in [1.54, 1.807) is 24.3 Å². The topological polar surface area (TPSA) is 46.5 Å². The van der Waals surface area contributed by atoms with Crippen LogP contribution in [0, 0.1) is 18.8 Å². The lowest BCUT2D eigenvalue weighted by Crippen LogP contribution is -2.46. The van der Waals surface area contributed by atoms with Crippen molar-refractivity contribution in [2.45, 2.75) is 70.0 Å². The van der Waals surface area contributed by atoms with Gasteiger partial charge in [-0.1, -0.05) is 93.7 Å². The van der Waals surface area contributed by atoms with Gasteiger partial charge < -0.3 is 0 Å². The van der Waals surface area contributed by atoms with Crippen LogP contribution in [-0.2, 0) is 16.4 Å². The van der Waals surface area contributed by atoms with Gasteiger partial charge >= 0.3 is 0 Å². The lowest BCUT2D eigenvalue weighted by Gasteiger charge is -2.35. The van der Waals surface area contributed by atoms with E-state index < -0.39 is 18.1 Å². The van der Waals surface area contributed by atoms with Crippen molar-refractivity contribution in [2.75, 3.05) is 0 Å². The Labute approximate surface area is 183 Å². The summed E-state index contributed by atoms with van der Waals surface area (Å²) in [6, 6.07) is 17.1. The SMILES string of the molecule is Cc1ccc(S(=O)(=O)/N=C(/C#CCCCc2ccccc2)[Si](C)(C)C(C)(C)C)cc1. The van der Waals surface area contributed by atoms with E-state index in [0.29, 0.717) is 11.8 Å². The van der Waals surface area contributed by atoms with Crippen LogP contribution in [0.3, 0.4) is 0 Å². The van der Waals surface area contributed by atoms with Gasteiger partial charge in [-0.3, -0.25) is 0 Å². The maximum atomic E-state index is 13.0. The van der Waals surface area contributed by atoms with E-state index in [-0.39, 0.29) is 9.93 Å². The molecule has 2 rings (SSSR count). The smallest absolute Gasteiger partial charge is 0.199 e. The Balaban J connectivity index is 2.30. The molecule has 5 heteroatoms. The average Bonchev–Trinajstić information content (AvgIpc) is 2.67. The van der Waals surface area contributed by atoms with E-state index in [9.17, 15) is 8.42 Å². The van der Waals surface area contributed by atoms with E-state index in [0.717, 1.165) is 18.4 Å². The number of hydrogen-bond donors (Lipinski definition) is 0. The molecule has 0 aromatic heterocycles.